The lowest BCUT2D eigenvalue weighted by molar-refractivity contribution is -0.125. The van der Waals surface area contributed by atoms with Crippen molar-refractivity contribution in [3.05, 3.63) is 63.3 Å². The number of amides is 2. The summed E-state index contributed by atoms with van der Waals surface area (Å²) in [5, 5.41) is 18.0. The first-order chi connectivity index (χ1) is 16.7. The van der Waals surface area contributed by atoms with Gasteiger partial charge in [0.2, 0.25) is 11.8 Å². The van der Waals surface area contributed by atoms with Gasteiger partial charge in [0.1, 0.15) is 5.65 Å². The Bertz CT molecular complexity index is 1350. The molecule has 1 aliphatic rings. The van der Waals surface area contributed by atoms with Crippen molar-refractivity contribution < 1.29 is 14.7 Å². The van der Waals surface area contributed by atoms with Crippen LogP contribution in [0.3, 0.4) is 0 Å². The maximum atomic E-state index is 13.4. The van der Waals surface area contributed by atoms with Crippen molar-refractivity contribution in [2.75, 3.05) is 7.05 Å². The van der Waals surface area contributed by atoms with Gasteiger partial charge in [-0.2, -0.15) is 9.61 Å². The van der Waals surface area contributed by atoms with Crippen molar-refractivity contribution in [3.8, 4) is 5.88 Å². The molecule has 0 bridgehead atoms. The topological polar surface area (TPSA) is 122 Å². The second-order valence-electron chi connectivity index (χ2n) is 9.34. The van der Waals surface area contributed by atoms with Gasteiger partial charge in [0.25, 0.3) is 11.5 Å². The third-order valence-corrected chi connectivity index (χ3v) is 5.80. The van der Waals surface area contributed by atoms with E-state index in [0.29, 0.717) is 30.0 Å². The summed E-state index contributed by atoms with van der Waals surface area (Å²) in [5.41, 5.74) is 1.21. The van der Waals surface area contributed by atoms with Gasteiger partial charge in [-0.3, -0.25) is 23.9 Å². The standard InChI is InChI=1S/C25H30N6O4/c1-15(2)13-30-23-19(10-11-20(32)29(4)14-18-7-5-6-12-26-18)16(3)28-31(23)25(35)21(24(30)34)22(33)27-17-8-9-17/h5-7,10-12,15,17,35H,8-9,13-14H2,1-4H3,(H,27,33). The smallest absolute Gasteiger partial charge is 0.270 e. The van der Waals surface area contributed by atoms with E-state index in [0.717, 1.165) is 18.5 Å². The molecule has 3 heterocycles. The molecule has 10 nitrogen and oxygen atoms in total. The summed E-state index contributed by atoms with van der Waals surface area (Å²) in [6.07, 6.45) is 6.38. The fourth-order valence-corrected chi connectivity index (χ4v) is 3.88. The molecule has 2 amide bonds. The minimum absolute atomic E-state index is 0.0301. The summed E-state index contributed by atoms with van der Waals surface area (Å²) in [5.74, 6) is -1.29. The minimum Gasteiger partial charge on any atom is -0.492 e. The van der Waals surface area contributed by atoms with Gasteiger partial charge in [0.15, 0.2) is 5.56 Å². The van der Waals surface area contributed by atoms with E-state index < -0.39 is 17.3 Å². The normalized spacial score (nSPS) is 13.6. The Morgan fingerprint density at radius 2 is 2.06 bits per heavy atom. The van der Waals surface area contributed by atoms with Gasteiger partial charge in [-0.1, -0.05) is 19.9 Å². The molecule has 1 aliphatic carbocycles. The van der Waals surface area contributed by atoms with E-state index in [1.807, 2.05) is 32.0 Å². The van der Waals surface area contributed by atoms with Crippen molar-refractivity contribution in [2.45, 2.75) is 52.7 Å². The number of aromatic nitrogens is 4. The summed E-state index contributed by atoms with van der Waals surface area (Å²) in [4.78, 5) is 44.7. The quantitative estimate of drug-likeness (QED) is 0.479. The van der Waals surface area contributed by atoms with Gasteiger partial charge >= 0.3 is 0 Å². The summed E-state index contributed by atoms with van der Waals surface area (Å²) < 4.78 is 2.66. The molecule has 1 saturated carbocycles. The largest absolute Gasteiger partial charge is 0.492 e. The van der Waals surface area contributed by atoms with Crippen LogP contribution in [-0.4, -0.2) is 54.1 Å². The van der Waals surface area contributed by atoms with E-state index in [4.69, 9.17) is 0 Å². The van der Waals surface area contributed by atoms with Crippen LogP contribution in [0.25, 0.3) is 11.7 Å². The molecule has 0 spiro atoms. The van der Waals surface area contributed by atoms with Crippen LogP contribution in [-0.2, 0) is 17.9 Å². The van der Waals surface area contributed by atoms with Gasteiger partial charge < -0.3 is 15.3 Å². The maximum absolute atomic E-state index is 13.4. The Morgan fingerprint density at radius 3 is 2.69 bits per heavy atom. The van der Waals surface area contributed by atoms with Crippen LogP contribution in [0.4, 0.5) is 0 Å². The van der Waals surface area contributed by atoms with Crippen LogP contribution >= 0.6 is 0 Å². The molecule has 0 saturated heterocycles. The van der Waals surface area contributed by atoms with Gasteiger partial charge in [-0.25, -0.2) is 0 Å². The Balaban J connectivity index is 1.74. The summed E-state index contributed by atoms with van der Waals surface area (Å²) >= 11 is 0. The zero-order chi connectivity index (χ0) is 25.3. The highest BCUT2D eigenvalue weighted by atomic mass is 16.3. The van der Waals surface area contributed by atoms with Crippen molar-refractivity contribution in [3.63, 3.8) is 0 Å². The summed E-state index contributed by atoms with van der Waals surface area (Å²) in [7, 11) is 1.68. The Kier molecular flexibility index (Phi) is 6.72. The first kappa shape index (κ1) is 24.2. The number of hydrogen-bond donors (Lipinski definition) is 2. The molecule has 0 aromatic carbocycles. The number of aryl methyl sites for hydroxylation is 1. The fourth-order valence-electron chi connectivity index (χ4n) is 3.88. The number of aromatic hydroxyl groups is 1. The number of carbonyl (C=O) groups excluding carboxylic acids is 2. The summed E-state index contributed by atoms with van der Waals surface area (Å²) in [6.45, 7) is 6.29. The van der Waals surface area contributed by atoms with Crippen molar-refractivity contribution >= 4 is 23.5 Å². The zero-order valence-corrected chi connectivity index (χ0v) is 20.4. The summed E-state index contributed by atoms with van der Waals surface area (Å²) in [6, 6.07) is 5.54. The molecule has 35 heavy (non-hydrogen) atoms. The molecule has 0 unspecified atom stereocenters. The fraction of sp³-hybridized carbons (Fsp3) is 0.400. The van der Waals surface area contributed by atoms with Crippen LogP contribution in [0.1, 0.15) is 54.0 Å². The van der Waals surface area contributed by atoms with Crippen LogP contribution < -0.4 is 10.9 Å². The number of pyridine rings is 1. The molecule has 3 aromatic heterocycles. The molecule has 0 atom stereocenters. The van der Waals surface area contributed by atoms with Crippen LogP contribution in [0.15, 0.2) is 35.3 Å². The number of nitrogens with zero attached hydrogens (tertiary/aromatic N) is 5. The first-order valence-corrected chi connectivity index (χ1v) is 11.7. The number of likely N-dealkylation sites (N-methyl/N-ethyl adjacent to an activating group) is 1. The molecule has 0 aliphatic heterocycles. The number of carbonyl (C=O) groups is 2. The Labute approximate surface area is 202 Å². The van der Waals surface area contributed by atoms with Gasteiger partial charge in [0.05, 0.1) is 17.9 Å². The van der Waals surface area contributed by atoms with E-state index in [-0.39, 0.29) is 23.4 Å². The molecule has 0 radical (unpaired) electrons. The highest BCUT2D eigenvalue weighted by molar-refractivity contribution is 5.97. The molecule has 1 fully saturated rings. The minimum atomic E-state index is -0.606. The monoisotopic (exact) mass is 478 g/mol. The predicted octanol–water partition coefficient (Wildman–Crippen LogP) is 2.13. The molecule has 10 heteroatoms. The second kappa shape index (κ2) is 9.73. The number of rotatable bonds is 8. The van der Waals surface area contributed by atoms with Crippen molar-refractivity contribution in [2.24, 2.45) is 5.92 Å². The van der Waals surface area contributed by atoms with Crippen LogP contribution in [0, 0.1) is 12.8 Å². The third-order valence-electron chi connectivity index (χ3n) is 5.80. The van der Waals surface area contributed by atoms with Crippen LogP contribution in [0.2, 0.25) is 0 Å². The zero-order valence-electron chi connectivity index (χ0n) is 20.4. The van der Waals surface area contributed by atoms with Gasteiger partial charge in [0, 0.05) is 37.5 Å². The number of fused-ring (bicyclic) bond motifs is 1. The average molecular weight is 479 g/mol. The molecule has 2 N–H and O–H groups in total. The highest BCUT2D eigenvalue weighted by Gasteiger charge is 2.30. The van der Waals surface area contributed by atoms with E-state index in [9.17, 15) is 19.5 Å². The van der Waals surface area contributed by atoms with E-state index >= 15 is 0 Å². The molecular formula is C25H30N6O4. The van der Waals surface area contributed by atoms with E-state index in [2.05, 4.69) is 15.4 Å². The van der Waals surface area contributed by atoms with Crippen molar-refractivity contribution in [1.29, 1.82) is 0 Å². The van der Waals surface area contributed by atoms with E-state index in [1.165, 1.54) is 20.1 Å². The second-order valence-corrected chi connectivity index (χ2v) is 9.34. The molecule has 4 rings (SSSR count). The number of nitrogens with one attached hydrogen (secondary N) is 1. The highest BCUT2D eigenvalue weighted by Crippen LogP contribution is 2.25. The van der Waals surface area contributed by atoms with E-state index in [1.54, 1.807) is 26.2 Å². The first-order valence-electron chi connectivity index (χ1n) is 11.7. The average Bonchev–Trinajstić information content (AvgIpc) is 3.56. The lowest BCUT2D eigenvalue weighted by Crippen LogP contribution is -2.36. The molecule has 3 aromatic rings. The predicted molar refractivity (Wildman–Crippen MR) is 131 cm³/mol. The SMILES string of the molecule is Cc1nn2c(O)c(C(=O)NC3CC3)c(=O)n(CC(C)C)c2c1C=CC(=O)N(C)Cc1ccccn1. The molecular weight excluding hydrogens is 448 g/mol. The lowest BCUT2D eigenvalue weighted by atomic mass is 10.1. The molecule has 184 valence electrons. The van der Waals surface area contributed by atoms with Crippen LogP contribution in [0.5, 0.6) is 5.88 Å². The maximum Gasteiger partial charge on any atom is 0.270 e. The Morgan fingerprint density at radius 1 is 1.31 bits per heavy atom. The van der Waals surface area contributed by atoms with Gasteiger partial charge in [-0.05, 0) is 43.9 Å². The number of hydrogen-bond acceptors (Lipinski definition) is 6. The van der Waals surface area contributed by atoms with Crippen molar-refractivity contribution in [1.82, 2.24) is 29.4 Å². The third kappa shape index (κ3) is 5.11. The Hall–Kier alpha value is -3.95. The van der Waals surface area contributed by atoms with Gasteiger partial charge in [-0.15, -0.1) is 0 Å². The lowest BCUT2D eigenvalue weighted by Gasteiger charge is -2.16.